The van der Waals surface area contributed by atoms with Gasteiger partial charge in [-0.15, -0.1) is 24.0 Å². The summed E-state index contributed by atoms with van der Waals surface area (Å²) < 4.78 is 0. The van der Waals surface area contributed by atoms with Crippen molar-refractivity contribution in [3.63, 3.8) is 0 Å². The number of hydrogen-bond donors (Lipinski definition) is 2. The number of hydrogen-bond acceptors (Lipinski definition) is 3. The van der Waals surface area contributed by atoms with Crippen molar-refractivity contribution in [2.24, 2.45) is 10.4 Å². The van der Waals surface area contributed by atoms with Crippen LogP contribution < -0.4 is 10.6 Å². The van der Waals surface area contributed by atoms with E-state index < -0.39 is 0 Å². The maximum atomic E-state index is 4.42. The molecule has 1 heterocycles. The van der Waals surface area contributed by atoms with Gasteiger partial charge in [-0.3, -0.25) is 9.89 Å². The van der Waals surface area contributed by atoms with Crippen molar-refractivity contribution in [2.75, 3.05) is 53.9 Å². The van der Waals surface area contributed by atoms with Crippen molar-refractivity contribution < 1.29 is 0 Å². The standard InChI is InChI=1S/C21H37N5.HI/c1-21(2,17-25(4)5)16-24-20(22-3)23-15-19(26-13-9-10-14-26)18-11-7-6-8-12-18;/h6-8,11-12,19H,9-10,13-17H2,1-5H3,(H2,22,23,24);1H. The molecule has 1 aromatic rings. The summed E-state index contributed by atoms with van der Waals surface area (Å²) in [6, 6.07) is 11.2. The molecular formula is C21H38IN5. The monoisotopic (exact) mass is 487 g/mol. The fourth-order valence-electron chi connectivity index (χ4n) is 3.84. The van der Waals surface area contributed by atoms with Gasteiger partial charge in [0.25, 0.3) is 0 Å². The SMILES string of the molecule is CN=C(NCC(c1ccccc1)N1CCCC1)NCC(C)(C)CN(C)C.I. The molecule has 0 saturated carbocycles. The molecule has 1 aliphatic heterocycles. The molecular weight excluding hydrogens is 449 g/mol. The summed E-state index contributed by atoms with van der Waals surface area (Å²) in [6.45, 7) is 9.74. The lowest BCUT2D eigenvalue weighted by molar-refractivity contribution is 0.237. The Kier molecular flexibility index (Phi) is 10.6. The van der Waals surface area contributed by atoms with E-state index >= 15 is 0 Å². The number of halogens is 1. The van der Waals surface area contributed by atoms with Crippen LogP contribution in [0.25, 0.3) is 0 Å². The second-order valence-corrected chi connectivity index (χ2v) is 8.38. The minimum Gasteiger partial charge on any atom is -0.356 e. The third-order valence-electron chi connectivity index (χ3n) is 4.93. The van der Waals surface area contributed by atoms with Crippen LogP contribution in [-0.4, -0.2) is 69.6 Å². The predicted molar refractivity (Wildman–Crippen MR) is 127 cm³/mol. The summed E-state index contributed by atoms with van der Waals surface area (Å²) in [6.07, 6.45) is 2.60. The van der Waals surface area contributed by atoms with Gasteiger partial charge in [-0.1, -0.05) is 44.2 Å². The lowest BCUT2D eigenvalue weighted by atomic mass is 9.93. The summed E-state index contributed by atoms with van der Waals surface area (Å²) in [5.41, 5.74) is 1.57. The highest BCUT2D eigenvalue weighted by Crippen LogP contribution is 2.24. The van der Waals surface area contributed by atoms with E-state index in [0.717, 1.165) is 25.6 Å². The Morgan fingerprint density at radius 1 is 1.15 bits per heavy atom. The zero-order chi connectivity index (χ0) is 19.0. The van der Waals surface area contributed by atoms with Crippen molar-refractivity contribution in [1.82, 2.24) is 20.4 Å². The Hall–Kier alpha value is -0.860. The van der Waals surface area contributed by atoms with Crippen molar-refractivity contribution in [3.8, 4) is 0 Å². The van der Waals surface area contributed by atoms with E-state index in [-0.39, 0.29) is 29.4 Å². The minimum atomic E-state index is 0. The summed E-state index contributed by atoms with van der Waals surface area (Å²) in [5, 5.41) is 7.06. The lowest BCUT2D eigenvalue weighted by Crippen LogP contribution is -2.47. The molecule has 5 nitrogen and oxygen atoms in total. The van der Waals surface area contributed by atoms with Crippen LogP contribution in [0.5, 0.6) is 0 Å². The normalized spacial score (nSPS) is 16.9. The van der Waals surface area contributed by atoms with Crippen molar-refractivity contribution in [1.29, 1.82) is 0 Å². The number of nitrogens with zero attached hydrogens (tertiary/aromatic N) is 3. The molecule has 0 spiro atoms. The fraction of sp³-hybridized carbons (Fsp3) is 0.667. The highest BCUT2D eigenvalue weighted by Gasteiger charge is 2.24. The van der Waals surface area contributed by atoms with Gasteiger partial charge in [-0.2, -0.15) is 0 Å². The maximum absolute atomic E-state index is 4.42. The topological polar surface area (TPSA) is 42.9 Å². The molecule has 1 unspecified atom stereocenters. The minimum absolute atomic E-state index is 0. The number of benzene rings is 1. The second-order valence-electron chi connectivity index (χ2n) is 8.38. The smallest absolute Gasteiger partial charge is 0.191 e. The van der Waals surface area contributed by atoms with Crippen LogP contribution in [0.1, 0.15) is 38.3 Å². The van der Waals surface area contributed by atoms with E-state index in [9.17, 15) is 0 Å². The number of likely N-dealkylation sites (tertiary alicyclic amines) is 1. The van der Waals surface area contributed by atoms with Gasteiger partial charge in [-0.05, 0) is 51.0 Å². The molecule has 1 aromatic carbocycles. The zero-order valence-corrected chi connectivity index (χ0v) is 20.0. The van der Waals surface area contributed by atoms with Crippen LogP contribution in [0, 0.1) is 5.41 Å². The number of rotatable bonds is 8. The van der Waals surface area contributed by atoms with Gasteiger partial charge in [0.2, 0.25) is 0 Å². The van der Waals surface area contributed by atoms with Crippen LogP contribution in [0.4, 0.5) is 0 Å². The van der Waals surface area contributed by atoms with E-state index in [2.05, 4.69) is 83.7 Å². The molecule has 6 heteroatoms. The van der Waals surface area contributed by atoms with Crippen LogP contribution in [-0.2, 0) is 0 Å². The maximum Gasteiger partial charge on any atom is 0.191 e. The largest absolute Gasteiger partial charge is 0.356 e. The van der Waals surface area contributed by atoms with Gasteiger partial charge in [0.05, 0.1) is 6.04 Å². The first kappa shape index (κ1) is 24.2. The summed E-state index contributed by atoms with van der Waals surface area (Å²) in [7, 11) is 6.09. The van der Waals surface area contributed by atoms with Crippen LogP contribution in [0.3, 0.4) is 0 Å². The zero-order valence-electron chi connectivity index (χ0n) is 17.7. The third kappa shape index (κ3) is 8.35. The molecule has 1 aliphatic rings. The number of guanidine groups is 1. The molecule has 27 heavy (non-hydrogen) atoms. The average molecular weight is 487 g/mol. The fourth-order valence-corrected chi connectivity index (χ4v) is 3.84. The van der Waals surface area contributed by atoms with E-state index in [1.165, 1.54) is 31.5 Å². The van der Waals surface area contributed by atoms with E-state index in [1.54, 1.807) is 0 Å². The Morgan fingerprint density at radius 2 is 1.78 bits per heavy atom. The molecule has 154 valence electrons. The molecule has 0 bridgehead atoms. The Bertz CT molecular complexity index is 553. The van der Waals surface area contributed by atoms with Crippen molar-refractivity contribution >= 4 is 29.9 Å². The molecule has 0 aromatic heterocycles. The Morgan fingerprint density at radius 3 is 2.33 bits per heavy atom. The van der Waals surface area contributed by atoms with Gasteiger partial charge < -0.3 is 15.5 Å². The lowest BCUT2D eigenvalue weighted by Gasteiger charge is -2.31. The predicted octanol–water partition coefficient (Wildman–Crippen LogP) is 3.19. The van der Waals surface area contributed by atoms with Crippen LogP contribution >= 0.6 is 24.0 Å². The molecule has 0 radical (unpaired) electrons. The molecule has 1 atom stereocenters. The van der Waals surface area contributed by atoms with Crippen LogP contribution in [0.15, 0.2) is 35.3 Å². The van der Waals surface area contributed by atoms with Crippen molar-refractivity contribution in [3.05, 3.63) is 35.9 Å². The van der Waals surface area contributed by atoms with E-state index in [4.69, 9.17) is 0 Å². The van der Waals surface area contributed by atoms with Crippen molar-refractivity contribution in [2.45, 2.75) is 32.7 Å². The second kappa shape index (κ2) is 11.9. The third-order valence-corrected chi connectivity index (χ3v) is 4.93. The molecule has 2 rings (SSSR count). The number of aliphatic imine (C=N–C) groups is 1. The summed E-state index contributed by atoms with van der Waals surface area (Å²) in [5.74, 6) is 0.886. The van der Waals surface area contributed by atoms with E-state index in [0.29, 0.717) is 6.04 Å². The Balaban J connectivity index is 0.00000364. The molecule has 1 fully saturated rings. The summed E-state index contributed by atoms with van der Waals surface area (Å²) >= 11 is 0. The highest BCUT2D eigenvalue weighted by atomic mass is 127. The molecule has 0 aliphatic carbocycles. The van der Waals surface area contributed by atoms with Gasteiger partial charge in [0, 0.05) is 26.7 Å². The molecule has 1 saturated heterocycles. The van der Waals surface area contributed by atoms with Crippen LogP contribution in [0.2, 0.25) is 0 Å². The van der Waals surface area contributed by atoms with Gasteiger partial charge in [-0.25, -0.2) is 0 Å². The van der Waals surface area contributed by atoms with Gasteiger partial charge in [0.1, 0.15) is 0 Å². The Labute approximate surface area is 183 Å². The summed E-state index contributed by atoms with van der Waals surface area (Å²) in [4.78, 5) is 9.25. The van der Waals surface area contributed by atoms with E-state index in [1.807, 2.05) is 7.05 Å². The van der Waals surface area contributed by atoms with Gasteiger partial charge in [0.15, 0.2) is 5.96 Å². The average Bonchev–Trinajstić information content (AvgIpc) is 3.12. The quantitative estimate of drug-likeness (QED) is 0.336. The highest BCUT2D eigenvalue weighted by molar-refractivity contribution is 14.0. The first-order valence-electron chi connectivity index (χ1n) is 9.79. The number of nitrogens with one attached hydrogen (secondary N) is 2. The molecule has 2 N–H and O–H groups in total. The first-order valence-corrected chi connectivity index (χ1v) is 9.79. The first-order chi connectivity index (χ1) is 12.4. The molecule has 0 amide bonds. The van der Waals surface area contributed by atoms with Gasteiger partial charge >= 0.3 is 0 Å².